The fourth-order valence-electron chi connectivity index (χ4n) is 3.77. The van der Waals surface area contributed by atoms with Gasteiger partial charge >= 0.3 is 0 Å². The average molecular weight is 273 g/mol. The van der Waals surface area contributed by atoms with Crippen LogP contribution in [-0.4, -0.2) is 19.2 Å². The number of benzene rings is 1. The predicted octanol–water partition coefficient (Wildman–Crippen LogP) is 3.86. The van der Waals surface area contributed by atoms with E-state index in [1.807, 2.05) is 0 Å². The smallest absolute Gasteiger partial charge is 0.0952 e. The van der Waals surface area contributed by atoms with Crippen LogP contribution >= 0.6 is 0 Å². The number of rotatable bonds is 3. The molecule has 2 unspecified atom stereocenters. The molecule has 0 saturated heterocycles. The fourth-order valence-corrected chi connectivity index (χ4v) is 3.77. The molecule has 2 nitrogen and oxygen atoms in total. The molecule has 1 aromatic rings. The summed E-state index contributed by atoms with van der Waals surface area (Å²) in [5.41, 5.74) is 3.28. The summed E-state index contributed by atoms with van der Waals surface area (Å²) in [5, 5.41) is 3.80. The lowest BCUT2D eigenvalue weighted by molar-refractivity contribution is 0.0339. The Morgan fingerprint density at radius 2 is 2.10 bits per heavy atom. The molecule has 0 spiro atoms. The summed E-state index contributed by atoms with van der Waals surface area (Å²) in [7, 11) is 0. The minimum Gasteiger partial charge on any atom is -0.372 e. The van der Waals surface area contributed by atoms with Crippen molar-refractivity contribution in [3.63, 3.8) is 0 Å². The third-order valence-electron chi connectivity index (χ3n) is 5.15. The van der Waals surface area contributed by atoms with E-state index in [-0.39, 0.29) is 6.10 Å². The zero-order valence-corrected chi connectivity index (χ0v) is 12.8. The summed E-state index contributed by atoms with van der Waals surface area (Å²) in [6, 6.07) is 9.38. The van der Waals surface area contributed by atoms with Crippen molar-refractivity contribution in [1.29, 1.82) is 0 Å². The summed E-state index contributed by atoms with van der Waals surface area (Å²) < 4.78 is 6.00. The molecule has 0 bridgehead atoms. The lowest BCUT2D eigenvalue weighted by Gasteiger charge is -2.40. The monoisotopic (exact) mass is 273 g/mol. The van der Waals surface area contributed by atoms with Gasteiger partial charge in [0.05, 0.1) is 12.7 Å². The zero-order chi connectivity index (χ0) is 14.0. The summed E-state index contributed by atoms with van der Waals surface area (Å²) in [4.78, 5) is 0. The molecular formula is C18H27NO. The van der Waals surface area contributed by atoms with Crippen molar-refractivity contribution in [2.45, 2.75) is 58.1 Å². The van der Waals surface area contributed by atoms with Gasteiger partial charge in [0.15, 0.2) is 0 Å². The molecule has 2 atom stereocenters. The van der Waals surface area contributed by atoms with E-state index < -0.39 is 0 Å². The Bertz CT molecular complexity index is 454. The molecule has 1 fully saturated rings. The van der Waals surface area contributed by atoms with E-state index in [0.717, 1.165) is 19.6 Å². The SMILES string of the molecule is CC1(C)CCCCC1NCC1OCCc2ccccc21. The fraction of sp³-hybridized carbons (Fsp3) is 0.667. The van der Waals surface area contributed by atoms with Gasteiger partial charge in [0.1, 0.15) is 0 Å². The van der Waals surface area contributed by atoms with Crippen molar-refractivity contribution >= 4 is 0 Å². The second-order valence-corrected chi connectivity index (χ2v) is 7.00. The summed E-state index contributed by atoms with van der Waals surface area (Å²) in [5.74, 6) is 0. The zero-order valence-electron chi connectivity index (χ0n) is 12.8. The molecule has 20 heavy (non-hydrogen) atoms. The predicted molar refractivity (Wildman–Crippen MR) is 82.9 cm³/mol. The Hall–Kier alpha value is -0.860. The highest BCUT2D eigenvalue weighted by Gasteiger charge is 2.32. The van der Waals surface area contributed by atoms with Gasteiger partial charge in [-0.25, -0.2) is 0 Å². The van der Waals surface area contributed by atoms with Crippen LogP contribution in [0.5, 0.6) is 0 Å². The molecule has 0 aromatic heterocycles. The van der Waals surface area contributed by atoms with E-state index in [9.17, 15) is 0 Å². The number of fused-ring (bicyclic) bond motifs is 1. The van der Waals surface area contributed by atoms with Gasteiger partial charge in [-0.2, -0.15) is 0 Å². The summed E-state index contributed by atoms with van der Waals surface area (Å²) in [6.45, 7) is 6.61. The van der Waals surface area contributed by atoms with E-state index in [2.05, 4.69) is 43.4 Å². The average Bonchev–Trinajstić information content (AvgIpc) is 2.46. The molecule has 1 aliphatic carbocycles. The van der Waals surface area contributed by atoms with E-state index >= 15 is 0 Å². The van der Waals surface area contributed by atoms with Crippen molar-refractivity contribution in [3.05, 3.63) is 35.4 Å². The largest absolute Gasteiger partial charge is 0.372 e. The molecule has 0 radical (unpaired) electrons. The topological polar surface area (TPSA) is 21.3 Å². The van der Waals surface area contributed by atoms with Crippen molar-refractivity contribution in [2.75, 3.05) is 13.2 Å². The molecular weight excluding hydrogens is 246 g/mol. The lowest BCUT2D eigenvalue weighted by Crippen LogP contribution is -2.46. The Morgan fingerprint density at radius 1 is 1.25 bits per heavy atom. The van der Waals surface area contributed by atoms with Gasteiger partial charge in [-0.15, -0.1) is 0 Å². The van der Waals surface area contributed by atoms with Crippen LogP contribution in [0.25, 0.3) is 0 Å². The molecule has 3 rings (SSSR count). The maximum Gasteiger partial charge on any atom is 0.0952 e. The molecule has 1 saturated carbocycles. The first-order valence-electron chi connectivity index (χ1n) is 8.09. The van der Waals surface area contributed by atoms with Gasteiger partial charge in [0.2, 0.25) is 0 Å². The maximum atomic E-state index is 6.00. The van der Waals surface area contributed by atoms with Gasteiger partial charge in [-0.1, -0.05) is 51.0 Å². The molecule has 2 aliphatic rings. The van der Waals surface area contributed by atoms with Crippen LogP contribution in [0.15, 0.2) is 24.3 Å². The Kier molecular flexibility index (Phi) is 4.13. The summed E-state index contributed by atoms with van der Waals surface area (Å²) >= 11 is 0. The second-order valence-electron chi connectivity index (χ2n) is 7.00. The van der Waals surface area contributed by atoms with Crippen molar-refractivity contribution in [1.82, 2.24) is 5.32 Å². The number of ether oxygens (including phenoxy) is 1. The van der Waals surface area contributed by atoms with E-state index in [4.69, 9.17) is 4.74 Å². The van der Waals surface area contributed by atoms with Crippen LogP contribution in [0, 0.1) is 5.41 Å². The lowest BCUT2D eigenvalue weighted by atomic mass is 9.73. The van der Waals surface area contributed by atoms with Gasteiger partial charge in [-0.3, -0.25) is 0 Å². The van der Waals surface area contributed by atoms with Crippen molar-refractivity contribution in [3.8, 4) is 0 Å². The normalized spacial score (nSPS) is 28.9. The quantitative estimate of drug-likeness (QED) is 0.903. The van der Waals surface area contributed by atoms with Gasteiger partial charge < -0.3 is 10.1 Å². The number of hydrogen-bond acceptors (Lipinski definition) is 2. The first kappa shape index (κ1) is 14.1. The maximum absolute atomic E-state index is 6.00. The first-order chi connectivity index (χ1) is 9.67. The molecule has 1 heterocycles. The minimum atomic E-state index is 0.234. The Labute approximate surface area is 122 Å². The molecule has 0 amide bonds. The van der Waals surface area contributed by atoms with Crippen molar-refractivity contribution in [2.24, 2.45) is 5.41 Å². The highest BCUT2D eigenvalue weighted by Crippen LogP contribution is 2.36. The van der Waals surface area contributed by atoms with Gasteiger partial charge in [-0.05, 0) is 35.8 Å². The van der Waals surface area contributed by atoms with Crippen LogP contribution in [-0.2, 0) is 11.2 Å². The molecule has 1 aromatic carbocycles. The van der Waals surface area contributed by atoms with Crippen LogP contribution in [0.2, 0.25) is 0 Å². The molecule has 110 valence electrons. The van der Waals surface area contributed by atoms with E-state index in [1.165, 1.54) is 36.8 Å². The highest BCUT2D eigenvalue weighted by molar-refractivity contribution is 5.31. The van der Waals surface area contributed by atoms with E-state index in [1.54, 1.807) is 0 Å². The number of nitrogens with one attached hydrogen (secondary N) is 1. The molecule has 2 heteroatoms. The van der Waals surface area contributed by atoms with Crippen LogP contribution in [0.1, 0.15) is 56.8 Å². The first-order valence-corrected chi connectivity index (χ1v) is 8.09. The molecule has 1 aliphatic heterocycles. The van der Waals surface area contributed by atoms with Crippen LogP contribution < -0.4 is 5.32 Å². The third kappa shape index (κ3) is 2.91. The van der Waals surface area contributed by atoms with Crippen LogP contribution in [0.4, 0.5) is 0 Å². The summed E-state index contributed by atoms with van der Waals surface area (Å²) in [6.07, 6.45) is 6.69. The van der Waals surface area contributed by atoms with Crippen molar-refractivity contribution < 1.29 is 4.74 Å². The number of hydrogen-bond donors (Lipinski definition) is 1. The molecule has 1 N–H and O–H groups in total. The Balaban J connectivity index is 1.64. The van der Waals surface area contributed by atoms with Gasteiger partial charge in [0.25, 0.3) is 0 Å². The standard InChI is InChI=1S/C18H27NO/c1-18(2)11-6-5-9-17(18)19-13-16-15-8-4-3-7-14(15)10-12-20-16/h3-4,7-8,16-17,19H,5-6,9-13H2,1-2H3. The van der Waals surface area contributed by atoms with Gasteiger partial charge in [0, 0.05) is 12.6 Å². The minimum absolute atomic E-state index is 0.234. The second kappa shape index (κ2) is 5.87. The van der Waals surface area contributed by atoms with Crippen LogP contribution in [0.3, 0.4) is 0 Å². The Morgan fingerprint density at radius 3 is 2.95 bits per heavy atom. The van der Waals surface area contributed by atoms with E-state index in [0.29, 0.717) is 11.5 Å². The third-order valence-corrected chi connectivity index (χ3v) is 5.15. The highest BCUT2D eigenvalue weighted by atomic mass is 16.5.